The second kappa shape index (κ2) is 2.57. The Bertz CT molecular complexity index is 266. The summed E-state index contributed by atoms with van der Waals surface area (Å²) in [6.45, 7) is 2.84. The van der Waals surface area contributed by atoms with Crippen LogP contribution in [-0.2, 0) is 0 Å². The number of para-hydroxylation sites is 1. The van der Waals surface area contributed by atoms with Gasteiger partial charge in [0.1, 0.15) is 5.75 Å². The van der Waals surface area contributed by atoms with Crippen molar-refractivity contribution < 1.29 is 4.74 Å². The van der Waals surface area contributed by atoms with Crippen LogP contribution >= 0.6 is 0 Å². The van der Waals surface area contributed by atoms with E-state index in [1.54, 1.807) is 0 Å². The van der Waals surface area contributed by atoms with Crippen LogP contribution < -0.4 is 4.74 Å². The lowest BCUT2D eigenvalue weighted by atomic mass is 10.0. The summed E-state index contributed by atoms with van der Waals surface area (Å²) >= 11 is 0. The molecule has 0 spiro atoms. The minimum atomic E-state index is 0.776. The molecule has 2 rings (SSSR count). The lowest BCUT2D eigenvalue weighted by molar-refractivity contribution is 0.304. The van der Waals surface area contributed by atoms with Gasteiger partial charge in [-0.05, 0) is 18.9 Å². The zero-order valence-electron chi connectivity index (χ0n) is 6.55. The van der Waals surface area contributed by atoms with Crippen LogP contribution in [0.25, 0.3) is 0 Å². The Hall–Kier alpha value is -0.980. The average molecular weight is 146 g/mol. The van der Waals surface area contributed by atoms with Gasteiger partial charge >= 0.3 is 0 Å². The van der Waals surface area contributed by atoms with Gasteiger partial charge in [-0.25, -0.2) is 0 Å². The molecule has 2 radical (unpaired) electrons. The second-order valence-corrected chi connectivity index (χ2v) is 2.73. The number of hydrogen-bond donors (Lipinski definition) is 0. The van der Waals surface area contributed by atoms with Crippen molar-refractivity contribution in [1.29, 1.82) is 0 Å². The van der Waals surface area contributed by atoms with Crippen molar-refractivity contribution >= 4 is 0 Å². The first-order valence-corrected chi connectivity index (χ1v) is 3.84. The maximum atomic E-state index is 5.49. The summed E-state index contributed by atoms with van der Waals surface area (Å²) in [7, 11) is 0. The molecule has 1 heteroatoms. The minimum absolute atomic E-state index is 0.776. The Balaban J connectivity index is 2.49. The quantitative estimate of drug-likeness (QED) is 0.545. The topological polar surface area (TPSA) is 9.23 Å². The number of hydrogen-bond acceptors (Lipinski definition) is 1. The molecule has 0 aliphatic carbocycles. The fourth-order valence-corrected chi connectivity index (χ4v) is 1.32. The van der Waals surface area contributed by atoms with E-state index in [9.17, 15) is 0 Å². The summed E-state index contributed by atoms with van der Waals surface area (Å²) in [6, 6.07) is 6.14. The predicted molar refractivity (Wildman–Crippen MR) is 43.6 cm³/mol. The zero-order chi connectivity index (χ0) is 7.68. The largest absolute Gasteiger partial charge is 0.493 e. The summed E-state index contributed by atoms with van der Waals surface area (Å²) < 4.78 is 5.49. The SMILES string of the molecule is Cc1cccc2c1OCC[C]2. The van der Waals surface area contributed by atoms with Gasteiger partial charge in [-0.2, -0.15) is 0 Å². The van der Waals surface area contributed by atoms with Gasteiger partial charge in [0, 0.05) is 12.0 Å². The van der Waals surface area contributed by atoms with Crippen molar-refractivity contribution in [3.63, 3.8) is 0 Å². The summed E-state index contributed by atoms with van der Waals surface area (Å²) in [6.07, 6.45) is 4.19. The Labute approximate surface area is 67.0 Å². The Morgan fingerprint density at radius 3 is 3.18 bits per heavy atom. The number of rotatable bonds is 0. The Morgan fingerprint density at radius 2 is 2.36 bits per heavy atom. The van der Waals surface area contributed by atoms with Crippen LogP contribution in [0, 0.1) is 13.3 Å². The summed E-state index contributed by atoms with van der Waals surface area (Å²) in [4.78, 5) is 0. The van der Waals surface area contributed by atoms with E-state index in [0.29, 0.717) is 0 Å². The van der Waals surface area contributed by atoms with E-state index in [1.165, 1.54) is 5.56 Å². The Kier molecular flexibility index (Phi) is 1.57. The third-order valence-corrected chi connectivity index (χ3v) is 1.88. The van der Waals surface area contributed by atoms with Crippen molar-refractivity contribution in [3.8, 4) is 5.75 Å². The molecule has 0 saturated carbocycles. The van der Waals surface area contributed by atoms with Gasteiger partial charge in [0.2, 0.25) is 0 Å². The van der Waals surface area contributed by atoms with Crippen LogP contribution in [0.5, 0.6) is 5.75 Å². The molecule has 0 bridgehead atoms. The first-order valence-electron chi connectivity index (χ1n) is 3.84. The van der Waals surface area contributed by atoms with Gasteiger partial charge in [-0.15, -0.1) is 0 Å². The van der Waals surface area contributed by atoms with Crippen LogP contribution in [0.4, 0.5) is 0 Å². The highest BCUT2D eigenvalue weighted by molar-refractivity contribution is 5.45. The van der Waals surface area contributed by atoms with E-state index in [0.717, 1.165) is 24.3 Å². The van der Waals surface area contributed by atoms with Gasteiger partial charge in [0.15, 0.2) is 0 Å². The first-order chi connectivity index (χ1) is 5.38. The van der Waals surface area contributed by atoms with Gasteiger partial charge in [0.05, 0.1) is 6.61 Å². The van der Waals surface area contributed by atoms with E-state index in [2.05, 4.69) is 19.4 Å². The van der Waals surface area contributed by atoms with Gasteiger partial charge in [-0.3, -0.25) is 0 Å². The van der Waals surface area contributed by atoms with Crippen molar-refractivity contribution in [3.05, 3.63) is 35.7 Å². The number of aryl methyl sites for hydroxylation is 1. The number of ether oxygens (including phenoxy) is 1. The van der Waals surface area contributed by atoms with Crippen molar-refractivity contribution in [1.82, 2.24) is 0 Å². The third kappa shape index (κ3) is 1.11. The monoisotopic (exact) mass is 146 g/mol. The van der Waals surface area contributed by atoms with E-state index < -0.39 is 0 Å². The van der Waals surface area contributed by atoms with Crippen molar-refractivity contribution in [2.45, 2.75) is 13.3 Å². The van der Waals surface area contributed by atoms with Crippen molar-refractivity contribution in [2.75, 3.05) is 6.61 Å². The highest BCUT2D eigenvalue weighted by Gasteiger charge is 2.11. The molecule has 11 heavy (non-hydrogen) atoms. The summed E-state index contributed by atoms with van der Waals surface area (Å²) in [5.74, 6) is 1.01. The molecular formula is C10H10O. The van der Waals surface area contributed by atoms with Crippen LogP contribution in [0.15, 0.2) is 18.2 Å². The molecule has 0 fully saturated rings. The molecule has 1 aromatic rings. The van der Waals surface area contributed by atoms with E-state index in [4.69, 9.17) is 4.74 Å². The van der Waals surface area contributed by atoms with Crippen molar-refractivity contribution in [2.24, 2.45) is 0 Å². The Morgan fingerprint density at radius 1 is 1.45 bits per heavy atom. The third-order valence-electron chi connectivity index (χ3n) is 1.88. The zero-order valence-corrected chi connectivity index (χ0v) is 6.55. The molecule has 1 heterocycles. The van der Waals surface area contributed by atoms with Gasteiger partial charge in [0.25, 0.3) is 0 Å². The summed E-state index contributed by atoms with van der Waals surface area (Å²) in [5, 5.41) is 0. The molecule has 0 saturated heterocycles. The highest BCUT2D eigenvalue weighted by atomic mass is 16.5. The van der Waals surface area contributed by atoms with Gasteiger partial charge < -0.3 is 4.74 Å². The van der Waals surface area contributed by atoms with Crippen LogP contribution in [-0.4, -0.2) is 6.61 Å². The number of fused-ring (bicyclic) bond motifs is 1. The maximum Gasteiger partial charge on any atom is 0.126 e. The summed E-state index contributed by atoms with van der Waals surface area (Å²) in [5.41, 5.74) is 2.32. The molecule has 1 nitrogen and oxygen atoms in total. The standard InChI is InChI=1S/C10H10O/c1-8-4-2-5-9-6-3-7-11-10(8)9/h2,4-5H,3,7H2,1H3. The molecular weight excluding hydrogens is 136 g/mol. The molecule has 0 aromatic heterocycles. The molecule has 0 atom stereocenters. The molecule has 0 amide bonds. The molecule has 1 aliphatic heterocycles. The lowest BCUT2D eigenvalue weighted by Gasteiger charge is -2.17. The molecule has 0 unspecified atom stereocenters. The van der Waals surface area contributed by atoms with Gasteiger partial charge in [-0.1, -0.05) is 18.2 Å². The minimum Gasteiger partial charge on any atom is -0.493 e. The molecule has 1 aliphatic rings. The predicted octanol–water partition coefficient (Wildman–Crippen LogP) is 2.21. The normalized spacial score (nSPS) is 15.4. The fraction of sp³-hybridized carbons (Fsp3) is 0.300. The molecule has 1 aromatic carbocycles. The van der Waals surface area contributed by atoms with E-state index in [1.807, 2.05) is 12.1 Å². The second-order valence-electron chi connectivity index (χ2n) is 2.73. The first kappa shape index (κ1) is 6.71. The fourth-order valence-electron chi connectivity index (χ4n) is 1.32. The van der Waals surface area contributed by atoms with Crippen LogP contribution in [0.2, 0.25) is 0 Å². The maximum absolute atomic E-state index is 5.49. The average Bonchev–Trinajstić information content (AvgIpc) is 2.06. The van der Waals surface area contributed by atoms with E-state index in [-0.39, 0.29) is 0 Å². The van der Waals surface area contributed by atoms with E-state index >= 15 is 0 Å². The van der Waals surface area contributed by atoms with Crippen LogP contribution in [0.1, 0.15) is 17.5 Å². The highest BCUT2D eigenvalue weighted by Crippen LogP contribution is 2.28. The van der Waals surface area contributed by atoms with Crippen LogP contribution in [0.3, 0.4) is 0 Å². The molecule has 0 N–H and O–H groups in total. The lowest BCUT2D eigenvalue weighted by Crippen LogP contribution is -2.07. The molecule has 56 valence electrons. The smallest absolute Gasteiger partial charge is 0.126 e. The number of benzene rings is 1.